The van der Waals surface area contributed by atoms with E-state index in [1.165, 1.54) is 6.07 Å². The molecule has 2 aromatic carbocycles. The number of carboxylic acids is 1. The molecule has 3 aromatic rings. The number of amides is 1. The lowest BCUT2D eigenvalue weighted by Crippen LogP contribution is -2.29. The van der Waals surface area contributed by atoms with Crippen molar-refractivity contribution in [1.29, 1.82) is 0 Å². The molecule has 156 valence electrons. The summed E-state index contributed by atoms with van der Waals surface area (Å²) in [5.41, 5.74) is 0.0117. The van der Waals surface area contributed by atoms with Crippen LogP contribution in [0.25, 0.3) is 11.0 Å². The van der Waals surface area contributed by atoms with Gasteiger partial charge in [-0.25, -0.2) is 0 Å². The van der Waals surface area contributed by atoms with Crippen molar-refractivity contribution in [3.8, 4) is 17.2 Å². The van der Waals surface area contributed by atoms with Crippen LogP contribution in [0.5, 0.6) is 17.2 Å². The standard InChI is InChI=1S/C22H21NO7/c1-14-22(30-15-6-3-2-4-7-15)21(27)17-10-9-16(12-18(17)29-14)28-13-19(24)23-11-5-8-20(25)26/h2-4,6-7,9-10,12H,5,8,11,13H2,1H3,(H,23,24)(H,25,26). The van der Waals surface area contributed by atoms with Crippen LogP contribution in [-0.2, 0) is 9.59 Å². The van der Waals surface area contributed by atoms with E-state index in [0.29, 0.717) is 34.6 Å². The first-order valence-electron chi connectivity index (χ1n) is 9.35. The van der Waals surface area contributed by atoms with E-state index in [-0.39, 0.29) is 36.7 Å². The molecule has 1 aromatic heterocycles. The number of ether oxygens (including phenoxy) is 2. The fourth-order valence-corrected chi connectivity index (χ4v) is 2.75. The maximum Gasteiger partial charge on any atom is 0.303 e. The van der Waals surface area contributed by atoms with Gasteiger partial charge in [0.15, 0.2) is 6.61 Å². The van der Waals surface area contributed by atoms with Gasteiger partial charge >= 0.3 is 5.97 Å². The molecule has 8 nitrogen and oxygen atoms in total. The molecular weight excluding hydrogens is 390 g/mol. The van der Waals surface area contributed by atoms with Crippen molar-refractivity contribution < 1.29 is 28.6 Å². The first-order chi connectivity index (χ1) is 14.4. The minimum Gasteiger partial charge on any atom is -0.484 e. The summed E-state index contributed by atoms with van der Waals surface area (Å²) in [5, 5.41) is 11.5. The van der Waals surface area contributed by atoms with E-state index in [4.69, 9.17) is 19.0 Å². The van der Waals surface area contributed by atoms with E-state index in [1.54, 1.807) is 43.3 Å². The third-order valence-corrected chi connectivity index (χ3v) is 4.21. The normalized spacial score (nSPS) is 10.6. The third-order valence-electron chi connectivity index (χ3n) is 4.21. The maximum absolute atomic E-state index is 12.8. The smallest absolute Gasteiger partial charge is 0.303 e. The number of carboxylic acid groups (broad SMARTS) is 1. The molecule has 0 spiro atoms. The van der Waals surface area contributed by atoms with Gasteiger partial charge in [0.05, 0.1) is 5.39 Å². The molecular formula is C22H21NO7. The van der Waals surface area contributed by atoms with E-state index >= 15 is 0 Å². The molecule has 0 aliphatic heterocycles. The summed E-state index contributed by atoms with van der Waals surface area (Å²) in [6.07, 6.45) is 0.328. The molecule has 0 atom stereocenters. The molecule has 1 heterocycles. The predicted octanol–water partition coefficient (Wildman–Crippen LogP) is 3.25. The number of benzene rings is 2. The molecule has 0 unspecified atom stereocenters. The molecule has 0 saturated heterocycles. The number of hydrogen-bond donors (Lipinski definition) is 2. The molecule has 8 heteroatoms. The zero-order valence-electron chi connectivity index (χ0n) is 16.3. The maximum atomic E-state index is 12.8. The highest BCUT2D eigenvalue weighted by Crippen LogP contribution is 2.27. The van der Waals surface area contributed by atoms with Crippen molar-refractivity contribution >= 4 is 22.8 Å². The molecule has 1 amide bonds. The van der Waals surface area contributed by atoms with Crippen molar-refractivity contribution in [2.75, 3.05) is 13.2 Å². The van der Waals surface area contributed by atoms with E-state index in [9.17, 15) is 14.4 Å². The van der Waals surface area contributed by atoms with Crippen LogP contribution in [0.15, 0.2) is 57.7 Å². The van der Waals surface area contributed by atoms with Crippen LogP contribution in [0.4, 0.5) is 0 Å². The highest BCUT2D eigenvalue weighted by atomic mass is 16.5. The minimum atomic E-state index is -0.911. The van der Waals surface area contributed by atoms with Crippen LogP contribution >= 0.6 is 0 Å². The summed E-state index contributed by atoms with van der Waals surface area (Å²) < 4.78 is 16.9. The van der Waals surface area contributed by atoms with Gasteiger partial charge in [0.25, 0.3) is 5.91 Å². The monoisotopic (exact) mass is 411 g/mol. The van der Waals surface area contributed by atoms with Crippen LogP contribution in [0, 0.1) is 6.92 Å². The number of nitrogens with one attached hydrogen (secondary N) is 1. The highest BCUT2D eigenvalue weighted by Gasteiger charge is 2.15. The van der Waals surface area contributed by atoms with Crippen LogP contribution in [0.2, 0.25) is 0 Å². The zero-order chi connectivity index (χ0) is 21.5. The lowest BCUT2D eigenvalue weighted by atomic mass is 10.2. The number of carbonyl (C=O) groups excluding carboxylic acids is 1. The summed E-state index contributed by atoms with van der Waals surface area (Å²) in [4.78, 5) is 35.0. The van der Waals surface area contributed by atoms with E-state index < -0.39 is 5.97 Å². The number of fused-ring (bicyclic) bond motifs is 1. The van der Waals surface area contributed by atoms with Gasteiger partial charge in [0.1, 0.15) is 22.8 Å². The summed E-state index contributed by atoms with van der Waals surface area (Å²) in [6.45, 7) is 1.65. The fourth-order valence-electron chi connectivity index (χ4n) is 2.75. The average molecular weight is 411 g/mol. The van der Waals surface area contributed by atoms with Gasteiger partial charge in [-0.3, -0.25) is 14.4 Å². The van der Waals surface area contributed by atoms with Gasteiger partial charge in [-0.2, -0.15) is 0 Å². The largest absolute Gasteiger partial charge is 0.484 e. The van der Waals surface area contributed by atoms with Gasteiger partial charge < -0.3 is 24.3 Å². The van der Waals surface area contributed by atoms with Crippen LogP contribution in [-0.4, -0.2) is 30.1 Å². The van der Waals surface area contributed by atoms with Gasteiger partial charge in [0.2, 0.25) is 11.2 Å². The third kappa shape index (κ3) is 5.38. The molecule has 0 aliphatic rings. The number of para-hydroxylation sites is 1. The topological polar surface area (TPSA) is 115 Å². The number of hydrogen-bond acceptors (Lipinski definition) is 6. The average Bonchev–Trinajstić information content (AvgIpc) is 2.73. The Morgan fingerprint density at radius 1 is 1.10 bits per heavy atom. The summed E-state index contributed by atoms with van der Waals surface area (Å²) in [6, 6.07) is 13.6. The van der Waals surface area contributed by atoms with Gasteiger partial charge in [-0.05, 0) is 37.6 Å². The molecule has 2 N–H and O–H groups in total. The Morgan fingerprint density at radius 3 is 2.60 bits per heavy atom. The molecule has 30 heavy (non-hydrogen) atoms. The Hall–Kier alpha value is -3.81. The Balaban J connectivity index is 1.68. The number of aryl methyl sites for hydroxylation is 1. The van der Waals surface area contributed by atoms with E-state index in [1.807, 2.05) is 6.07 Å². The van der Waals surface area contributed by atoms with Gasteiger partial charge in [0, 0.05) is 19.0 Å². The molecule has 0 fully saturated rings. The quantitative estimate of drug-likeness (QED) is 0.519. The Bertz CT molecular complexity index is 1110. The van der Waals surface area contributed by atoms with Crippen LogP contribution in [0.3, 0.4) is 0 Å². The molecule has 3 rings (SSSR count). The molecule has 0 saturated carbocycles. The van der Waals surface area contributed by atoms with E-state index in [0.717, 1.165) is 0 Å². The first kappa shape index (κ1) is 20.9. The first-order valence-corrected chi connectivity index (χ1v) is 9.35. The van der Waals surface area contributed by atoms with Gasteiger partial charge in [-0.1, -0.05) is 18.2 Å². The molecule has 0 aliphatic carbocycles. The Kier molecular flexibility index (Phi) is 6.69. The molecule has 0 bridgehead atoms. The number of aliphatic carboxylic acids is 1. The summed E-state index contributed by atoms with van der Waals surface area (Å²) in [5.74, 6) is 0.0484. The van der Waals surface area contributed by atoms with Crippen molar-refractivity contribution in [2.24, 2.45) is 0 Å². The second-order valence-electron chi connectivity index (χ2n) is 6.53. The van der Waals surface area contributed by atoms with E-state index in [2.05, 4.69) is 5.32 Å². The van der Waals surface area contributed by atoms with Crippen molar-refractivity contribution in [1.82, 2.24) is 5.32 Å². The van der Waals surface area contributed by atoms with Crippen molar-refractivity contribution in [3.05, 3.63) is 64.5 Å². The lowest BCUT2D eigenvalue weighted by molar-refractivity contribution is -0.137. The molecule has 0 radical (unpaired) electrons. The van der Waals surface area contributed by atoms with Crippen molar-refractivity contribution in [3.63, 3.8) is 0 Å². The predicted molar refractivity (Wildman–Crippen MR) is 109 cm³/mol. The fraction of sp³-hybridized carbons (Fsp3) is 0.227. The second kappa shape index (κ2) is 9.60. The Morgan fingerprint density at radius 2 is 1.87 bits per heavy atom. The van der Waals surface area contributed by atoms with Gasteiger partial charge in [-0.15, -0.1) is 0 Å². The number of rotatable bonds is 9. The lowest BCUT2D eigenvalue weighted by Gasteiger charge is -2.10. The SMILES string of the molecule is Cc1oc2cc(OCC(=O)NCCCC(=O)O)ccc2c(=O)c1Oc1ccccc1. The minimum absolute atomic E-state index is 0.0137. The summed E-state index contributed by atoms with van der Waals surface area (Å²) in [7, 11) is 0. The Labute approximate surface area is 172 Å². The highest BCUT2D eigenvalue weighted by molar-refractivity contribution is 5.80. The van der Waals surface area contributed by atoms with Crippen LogP contribution in [0.1, 0.15) is 18.6 Å². The van der Waals surface area contributed by atoms with Crippen molar-refractivity contribution in [2.45, 2.75) is 19.8 Å². The number of carbonyl (C=O) groups is 2. The zero-order valence-corrected chi connectivity index (χ0v) is 16.3. The second-order valence-corrected chi connectivity index (χ2v) is 6.53. The van der Waals surface area contributed by atoms with Crippen LogP contribution < -0.4 is 20.2 Å². The summed E-state index contributed by atoms with van der Waals surface area (Å²) >= 11 is 0.